The Morgan fingerprint density at radius 1 is 0.446 bits per heavy atom. The Morgan fingerprint density at radius 2 is 0.877 bits per heavy atom. The van der Waals surface area contributed by atoms with Gasteiger partial charge in [0.05, 0.1) is 32.5 Å². The Labute approximate surface area is 371 Å². The van der Waals surface area contributed by atoms with Crippen LogP contribution in [0.4, 0.5) is 0 Å². The van der Waals surface area contributed by atoms with Gasteiger partial charge in [0.1, 0.15) is 116 Å². The molecule has 0 aromatic rings. The molecule has 5 fully saturated rings. The second-order valence-electron chi connectivity index (χ2n) is 16.4. The zero-order chi connectivity index (χ0) is 48.2. The van der Waals surface area contributed by atoms with Gasteiger partial charge in [0.15, 0.2) is 31.5 Å². The highest BCUT2D eigenvalue weighted by Gasteiger charge is 2.57. The van der Waals surface area contributed by atoms with Crippen molar-refractivity contribution >= 4 is 17.7 Å². The number of ether oxygens (including phenoxy) is 10. The third-order valence-corrected chi connectivity index (χ3v) is 11.7. The molecule has 5 heterocycles. The fourth-order valence-electron chi connectivity index (χ4n) is 8.26. The van der Waals surface area contributed by atoms with Crippen LogP contribution in [0, 0.1) is 0 Å². The number of hydrogen-bond donors (Lipinski definition) is 15. The van der Waals surface area contributed by atoms with E-state index in [1.165, 1.54) is 14.0 Å². The molecule has 5 aliphatic heterocycles. The minimum absolute atomic E-state index is 0.651. The summed E-state index contributed by atoms with van der Waals surface area (Å²) < 4.78 is 58.9. The Balaban J connectivity index is 1.48. The van der Waals surface area contributed by atoms with Gasteiger partial charge in [-0.15, -0.1) is 0 Å². The Morgan fingerprint density at radius 3 is 1.42 bits per heavy atom. The Hall–Kier alpha value is -2.47. The Kier molecular flexibility index (Phi) is 19.1. The zero-order valence-corrected chi connectivity index (χ0v) is 35.9. The number of carbonyl (C=O) groups is 3. The van der Waals surface area contributed by atoms with E-state index in [9.17, 15) is 75.7 Å². The first-order valence-electron chi connectivity index (χ1n) is 20.8. The molecular weight excluding hydrogens is 886 g/mol. The molecule has 0 aromatic carbocycles. The molecule has 15 N–H and O–H groups in total. The van der Waals surface area contributed by atoms with E-state index in [1.54, 1.807) is 0 Å². The molecule has 28 heteroatoms. The number of aliphatic hydroxyl groups excluding tert-OH is 12. The van der Waals surface area contributed by atoms with Crippen LogP contribution in [0.1, 0.15) is 27.7 Å². The van der Waals surface area contributed by atoms with Crippen LogP contribution in [-0.2, 0) is 61.8 Å². The lowest BCUT2D eigenvalue weighted by atomic mass is 9.93. The Bertz CT molecular complexity index is 1560. The van der Waals surface area contributed by atoms with E-state index < -0.39 is 197 Å². The van der Waals surface area contributed by atoms with Crippen molar-refractivity contribution in [3.8, 4) is 0 Å². The van der Waals surface area contributed by atoms with Gasteiger partial charge in [0, 0.05) is 27.9 Å². The molecule has 28 nitrogen and oxygen atoms in total. The maximum absolute atomic E-state index is 12.9. The fourth-order valence-corrected chi connectivity index (χ4v) is 8.26. The van der Waals surface area contributed by atoms with Gasteiger partial charge in [-0.05, 0) is 6.92 Å². The summed E-state index contributed by atoms with van der Waals surface area (Å²) in [5.74, 6) is -2.11. The van der Waals surface area contributed by atoms with Gasteiger partial charge in [0.25, 0.3) is 0 Å². The van der Waals surface area contributed by atoms with Crippen molar-refractivity contribution < 1.29 is 123 Å². The summed E-state index contributed by atoms with van der Waals surface area (Å²) in [6, 6.07) is -4.45. The van der Waals surface area contributed by atoms with E-state index >= 15 is 0 Å². The molecular formula is C37H63N3O25. The van der Waals surface area contributed by atoms with Crippen molar-refractivity contribution in [3.63, 3.8) is 0 Å². The fraction of sp³-hybridized carbons (Fsp3) is 0.919. The molecule has 3 amide bonds. The first kappa shape index (κ1) is 53.5. The van der Waals surface area contributed by atoms with Crippen molar-refractivity contribution in [2.45, 2.75) is 181 Å². The number of hydrogen-bond acceptors (Lipinski definition) is 25. The van der Waals surface area contributed by atoms with Crippen LogP contribution in [0.15, 0.2) is 0 Å². The number of nitrogens with one attached hydrogen (secondary N) is 3. The molecule has 65 heavy (non-hydrogen) atoms. The lowest BCUT2D eigenvalue weighted by Gasteiger charge is -2.50. The van der Waals surface area contributed by atoms with Crippen LogP contribution >= 0.6 is 0 Å². The van der Waals surface area contributed by atoms with Crippen LogP contribution in [0.2, 0.25) is 0 Å². The minimum Gasteiger partial charge on any atom is -0.394 e. The van der Waals surface area contributed by atoms with Gasteiger partial charge in [-0.2, -0.15) is 0 Å². The molecule has 0 bridgehead atoms. The molecule has 0 aromatic heterocycles. The van der Waals surface area contributed by atoms with Crippen molar-refractivity contribution in [3.05, 3.63) is 0 Å². The molecule has 5 rings (SSSR count). The van der Waals surface area contributed by atoms with E-state index in [2.05, 4.69) is 16.0 Å². The SMILES string of the molecule is CO[C@H]1O[C@H](CO[C@@H]2O[C@H](CO)[C@@H](O[C@@H]3O[C@H](CO)[C@H](O)[C@H](O)[C@H]3O)[C@H](O[C@@H]3O[C@@H](C)[C@@H](O)[C@@H](O)[C@@H]3O)[C@H]2NC(C)=O)[C@H](O)[C@H](O[C@@H]2O[C@H](CO)[C@H](O)[C@H](O)[C@H]2NC(C)=O)[C@H]1NC(C)=O. The van der Waals surface area contributed by atoms with E-state index in [-0.39, 0.29) is 0 Å². The standard InChI is InChI=1S/C37H63N3O25/c1-10-21(47)26(52)28(54)36(58-10)65-32-20(40-13(4)46)34(61-16(8-43)30(32)63-37-29(55)27(53)23(49)15(7-42)60-37)57-9-17-24(50)31(19(39-12(3)45)33(56-5)62-17)64-35-18(38-11(2)44)25(51)22(48)14(6-41)59-35/h10,14-37,41-43,47-55H,6-9H2,1-5H3,(H,38,44)(H,39,45)(H,40,46)/t10-,14+,15+,16+,17+,18+,19+,20+,21+,22-,23-,24-,25+,26+,27-,28-,29+,30+,31+,32+,33-,34+,35-,36-,37-/m0/s1. The van der Waals surface area contributed by atoms with E-state index in [0.717, 1.165) is 20.8 Å². The van der Waals surface area contributed by atoms with Gasteiger partial charge < -0.3 is 125 Å². The van der Waals surface area contributed by atoms with Crippen LogP contribution in [0.3, 0.4) is 0 Å². The van der Waals surface area contributed by atoms with E-state index in [4.69, 9.17) is 47.4 Å². The summed E-state index contributed by atoms with van der Waals surface area (Å²) in [5.41, 5.74) is 0. The first-order valence-corrected chi connectivity index (χ1v) is 20.8. The third-order valence-electron chi connectivity index (χ3n) is 11.7. The molecule has 376 valence electrons. The summed E-state index contributed by atoms with van der Waals surface area (Å²) in [5, 5.41) is 135. The average molecular weight is 950 g/mol. The molecule has 5 saturated heterocycles. The highest BCUT2D eigenvalue weighted by Crippen LogP contribution is 2.35. The lowest BCUT2D eigenvalue weighted by molar-refractivity contribution is -0.376. The monoisotopic (exact) mass is 949 g/mol. The topological polar surface area (TPSA) is 422 Å². The maximum Gasteiger partial charge on any atom is 0.217 e. The molecule has 0 radical (unpaired) electrons. The van der Waals surface area contributed by atoms with Crippen LogP contribution in [0.5, 0.6) is 0 Å². The van der Waals surface area contributed by atoms with Gasteiger partial charge in [0.2, 0.25) is 17.7 Å². The molecule has 0 unspecified atom stereocenters. The molecule has 0 spiro atoms. The predicted octanol–water partition coefficient (Wildman–Crippen LogP) is -9.81. The van der Waals surface area contributed by atoms with Crippen molar-refractivity contribution in [1.82, 2.24) is 16.0 Å². The quantitative estimate of drug-likeness (QED) is 0.0683. The summed E-state index contributed by atoms with van der Waals surface area (Å²) in [4.78, 5) is 37.4. The lowest BCUT2D eigenvalue weighted by Crippen LogP contribution is -2.70. The molecule has 5 aliphatic rings. The first-order chi connectivity index (χ1) is 30.7. The number of amides is 3. The summed E-state index contributed by atoms with van der Waals surface area (Å²) in [6.07, 6.45) is -37.3. The number of aliphatic hydroxyl groups is 12. The average Bonchev–Trinajstić information content (AvgIpc) is 3.26. The van der Waals surface area contributed by atoms with Crippen LogP contribution in [-0.4, -0.2) is 266 Å². The summed E-state index contributed by atoms with van der Waals surface area (Å²) in [6.45, 7) is 1.33. The van der Waals surface area contributed by atoms with Crippen LogP contribution in [0.25, 0.3) is 0 Å². The highest BCUT2D eigenvalue weighted by molar-refractivity contribution is 5.74. The highest BCUT2D eigenvalue weighted by atomic mass is 16.8. The van der Waals surface area contributed by atoms with Crippen molar-refractivity contribution in [2.24, 2.45) is 0 Å². The van der Waals surface area contributed by atoms with E-state index in [0.29, 0.717) is 0 Å². The molecule has 25 atom stereocenters. The molecule has 0 aliphatic carbocycles. The second kappa shape index (κ2) is 23.2. The molecule has 0 saturated carbocycles. The smallest absolute Gasteiger partial charge is 0.217 e. The third kappa shape index (κ3) is 12.0. The van der Waals surface area contributed by atoms with Gasteiger partial charge >= 0.3 is 0 Å². The van der Waals surface area contributed by atoms with Gasteiger partial charge in [-0.25, -0.2) is 0 Å². The predicted molar refractivity (Wildman–Crippen MR) is 205 cm³/mol. The number of methoxy groups -OCH3 is 1. The normalized spacial score (nSPS) is 47.1. The largest absolute Gasteiger partial charge is 0.394 e. The van der Waals surface area contributed by atoms with Gasteiger partial charge in [-0.1, -0.05) is 0 Å². The van der Waals surface area contributed by atoms with Crippen molar-refractivity contribution in [1.29, 1.82) is 0 Å². The zero-order valence-electron chi connectivity index (χ0n) is 35.9. The summed E-state index contributed by atoms with van der Waals surface area (Å²) in [7, 11) is 1.18. The van der Waals surface area contributed by atoms with Crippen molar-refractivity contribution in [2.75, 3.05) is 33.5 Å². The summed E-state index contributed by atoms with van der Waals surface area (Å²) >= 11 is 0. The van der Waals surface area contributed by atoms with Gasteiger partial charge in [-0.3, -0.25) is 14.4 Å². The number of rotatable bonds is 16. The second-order valence-corrected chi connectivity index (χ2v) is 16.4. The van der Waals surface area contributed by atoms with E-state index in [1.807, 2.05) is 0 Å². The number of carbonyl (C=O) groups excluding carboxylic acids is 3. The minimum atomic E-state index is -2.00. The maximum atomic E-state index is 12.9. The van der Waals surface area contributed by atoms with Crippen LogP contribution < -0.4 is 16.0 Å².